The zero-order valence-electron chi connectivity index (χ0n) is 15.0. The van der Waals surface area contributed by atoms with Crippen LogP contribution in [0.1, 0.15) is 16.8 Å². The number of nitrogens with zero attached hydrogens (tertiary/aromatic N) is 5. The summed E-state index contributed by atoms with van der Waals surface area (Å²) >= 11 is 0. The molecule has 0 bridgehead atoms. The van der Waals surface area contributed by atoms with Crippen LogP contribution < -0.4 is 15.1 Å². The van der Waals surface area contributed by atoms with E-state index in [1.54, 1.807) is 6.33 Å². The van der Waals surface area contributed by atoms with Gasteiger partial charge in [-0.2, -0.15) is 5.10 Å². The monoisotopic (exact) mass is 349 g/mol. The zero-order chi connectivity index (χ0) is 17.5. The Labute approximate surface area is 152 Å². The molecular formula is C19H23N7. The quantitative estimate of drug-likeness (QED) is 0.733. The van der Waals surface area contributed by atoms with Crippen LogP contribution in [0.5, 0.6) is 0 Å². The third kappa shape index (κ3) is 2.50. The molecule has 0 amide bonds. The molecular weight excluding hydrogens is 326 g/mol. The molecule has 0 atom stereocenters. The molecule has 4 heterocycles. The van der Waals surface area contributed by atoms with Gasteiger partial charge >= 0.3 is 0 Å². The number of nitrogens with one attached hydrogen (secondary N) is 2. The van der Waals surface area contributed by atoms with Crippen molar-refractivity contribution in [1.29, 1.82) is 0 Å². The highest BCUT2D eigenvalue weighted by molar-refractivity contribution is 5.93. The number of hydrogen-bond acceptors (Lipinski definition) is 6. The minimum Gasteiger partial charge on any atom is -0.364 e. The van der Waals surface area contributed by atoms with Crippen LogP contribution in [-0.4, -0.2) is 52.9 Å². The third-order valence-electron chi connectivity index (χ3n) is 5.51. The fraction of sp³-hybridized carbons (Fsp3) is 0.421. The summed E-state index contributed by atoms with van der Waals surface area (Å²) in [5, 5.41) is 11.9. The summed E-state index contributed by atoms with van der Waals surface area (Å²) in [7, 11) is 0. The molecule has 2 aliphatic heterocycles. The molecule has 0 saturated carbocycles. The predicted octanol–water partition coefficient (Wildman–Crippen LogP) is 1.63. The van der Waals surface area contributed by atoms with E-state index >= 15 is 0 Å². The number of piperazine rings is 1. The van der Waals surface area contributed by atoms with Crippen molar-refractivity contribution in [3.8, 4) is 0 Å². The number of aryl methyl sites for hydroxylation is 1. The summed E-state index contributed by atoms with van der Waals surface area (Å²) < 4.78 is 0. The van der Waals surface area contributed by atoms with E-state index in [0.717, 1.165) is 62.7 Å². The molecule has 7 heteroatoms. The zero-order valence-corrected chi connectivity index (χ0v) is 15.0. The average Bonchev–Trinajstić information content (AvgIpc) is 3.16. The Morgan fingerprint density at radius 3 is 2.81 bits per heavy atom. The van der Waals surface area contributed by atoms with Gasteiger partial charge in [-0.25, -0.2) is 9.97 Å². The van der Waals surface area contributed by atoms with Crippen LogP contribution in [0.2, 0.25) is 0 Å². The average molecular weight is 349 g/mol. The van der Waals surface area contributed by atoms with E-state index < -0.39 is 0 Å². The number of aromatic nitrogens is 4. The summed E-state index contributed by atoms with van der Waals surface area (Å²) in [5.74, 6) is 1.13. The predicted molar refractivity (Wildman–Crippen MR) is 103 cm³/mol. The number of fused-ring (bicyclic) bond motifs is 2. The molecule has 3 aromatic rings. The highest BCUT2D eigenvalue weighted by atomic mass is 15.2. The van der Waals surface area contributed by atoms with Gasteiger partial charge in [-0.05, 0) is 25.0 Å². The molecule has 0 radical (unpaired) electrons. The van der Waals surface area contributed by atoms with Gasteiger partial charge in [0.2, 0.25) is 0 Å². The Morgan fingerprint density at radius 1 is 1.04 bits per heavy atom. The second-order valence-electron chi connectivity index (χ2n) is 7.09. The molecule has 26 heavy (non-hydrogen) atoms. The van der Waals surface area contributed by atoms with Crippen LogP contribution in [0.25, 0.3) is 10.9 Å². The Balaban J connectivity index is 1.50. The largest absolute Gasteiger partial charge is 0.364 e. The van der Waals surface area contributed by atoms with Gasteiger partial charge in [-0.1, -0.05) is 6.07 Å². The smallest absolute Gasteiger partial charge is 0.135 e. The van der Waals surface area contributed by atoms with Gasteiger partial charge in [0.05, 0.1) is 29.6 Å². The highest BCUT2D eigenvalue weighted by Gasteiger charge is 2.26. The third-order valence-corrected chi connectivity index (χ3v) is 5.51. The Morgan fingerprint density at radius 2 is 1.92 bits per heavy atom. The van der Waals surface area contributed by atoms with Gasteiger partial charge < -0.3 is 15.1 Å². The first-order valence-electron chi connectivity index (χ1n) is 9.27. The molecule has 7 nitrogen and oxygen atoms in total. The SMILES string of the molecule is Cc1ccc2[nH]ncc2c1N1CCc2c(ncnc2N2CCNCC2)C1. The molecule has 0 spiro atoms. The fourth-order valence-corrected chi connectivity index (χ4v) is 4.21. The van der Waals surface area contributed by atoms with E-state index in [2.05, 4.69) is 54.3 Å². The molecule has 134 valence electrons. The van der Waals surface area contributed by atoms with Gasteiger partial charge in [-0.15, -0.1) is 0 Å². The van der Waals surface area contributed by atoms with E-state index in [9.17, 15) is 0 Å². The molecule has 0 aliphatic carbocycles. The number of anilines is 2. The molecule has 2 aromatic heterocycles. The summed E-state index contributed by atoms with van der Waals surface area (Å²) in [6, 6.07) is 4.27. The van der Waals surface area contributed by atoms with Crippen LogP contribution in [0.3, 0.4) is 0 Å². The number of H-pyrrole nitrogens is 1. The van der Waals surface area contributed by atoms with E-state index in [-0.39, 0.29) is 0 Å². The second kappa shape index (κ2) is 6.25. The Hall–Kier alpha value is -2.67. The first-order chi connectivity index (χ1) is 12.8. The maximum absolute atomic E-state index is 4.63. The molecule has 2 N–H and O–H groups in total. The van der Waals surface area contributed by atoms with Gasteiger partial charge in [0.25, 0.3) is 0 Å². The molecule has 5 rings (SSSR count). The van der Waals surface area contributed by atoms with E-state index in [4.69, 9.17) is 0 Å². The molecule has 1 saturated heterocycles. The van der Waals surface area contributed by atoms with Crippen LogP contribution in [-0.2, 0) is 13.0 Å². The van der Waals surface area contributed by atoms with E-state index in [1.807, 2.05) is 6.20 Å². The van der Waals surface area contributed by atoms with Crippen molar-refractivity contribution in [2.24, 2.45) is 0 Å². The van der Waals surface area contributed by atoms with Crippen LogP contribution in [0.4, 0.5) is 11.5 Å². The normalized spacial score (nSPS) is 17.6. The molecule has 0 unspecified atom stereocenters. The molecule has 1 aromatic carbocycles. The fourth-order valence-electron chi connectivity index (χ4n) is 4.21. The summed E-state index contributed by atoms with van der Waals surface area (Å²) in [6.07, 6.45) is 4.63. The van der Waals surface area contributed by atoms with E-state index in [0.29, 0.717) is 0 Å². The van der Waals surface area contributed by atoms with Gasteiger partial charge in [0.1, 0.15) is 12.1 Å². The lowest BCUT2D eigenvalue weighted by molar-refractivity contribution is 0.579. The minimum absolute atomic E-state index is 0.822. The molecule has 1 fully saturated rings. The summed E-state index contributed by atoms with van der Waals surface area (Å²) in [4.78, 5) is 14.1. The van der Waals surface area contributed by atoms with Crippen LogP contribution in [0.15, 0.2) is 24.7 Å². The van der Waals surface area contributed by atoms with Gasteiger partial charge in [0, 0.05) is 43.7 Å². The van der Waals surface area contributed by atoms with Gasteiger partial charge in [0.15, 0.2) is 0 Å². The lowest BCUT2D eigenvalue weighted by atomic mass is 10.0. The lowest BCUT2D eigenvalue weighted by Gasteiger charge is -2.35. The van der Waals surface area contributed by atoms with Crippen LogP contribution >= 0.6 is 0 Å². The van der Waals surface area contributed by atoms with Crippen molar-refractivity contribution in [2.45, 2.75) is 19.9 Å². The van der Waals surface area contributed by atoms with Crippen molar-refractivity contribution in [2.75, 3.05) is 42.5 Å². The van der Waals surface area contributed by atoms with Crippen LogP contribution in [0, 0.1) is 6.92 Å². The second-order valence-corrected chi connectivity index (χ2v) is 7.09. The Bertz CT molecular complexity index is 942. The van der Waals surface area contributed by atoms with Gasteiger partial charge in [-0.3, -0.25) is 5.10 Å². The number of rotatable bonds is 2. The summed E-state index contributed by atoms with van der Waals surface area (Å²) in [6.45, 7) is 8.04. The summed E-state index contributed by atoms with van der Waals surface area (Å²) in [5.41, 5.74) is 6.10. The van der Waals surface area contributed by atoms with Crippen molar-refractivity contribution >= 4 is 22.4 Å². The van der Waals surface area contributed by atoms with Crippen molar-refractivity contribution in [3.63, 3.8) is 0 Å². The maximum atomic E-state index is 4.63. The highest BCUT2D eigenvalue weighted by Crippen LogP contribution is 2.34. The standard InChI is InChI=1S/C19H23N7/c1-13-2-3-16-15(10-23-24-16)18(13)26-7-4-14-17(11-26)21-12-22-19(14)25-8-5-20-6-9-25/h2-3,10,12,20H,4-9,11H2,1H3,(H,23,24). The number of benzene rings is 1. The van der Waals surface area contributed by atoms with Crippen molar-refractivity contribution < 1.29 is 0 Å². The first-order valence-corrected chi connectivity index (χ1v) is 9.27. The minimum atomic E-state index is 0.822. The van der Waals surface area contributed by atoms with Crippen molar-refractivity contribution in [3.05, 3.63) is 41.5 Å². The Kier molecular flexibility index (Phi) is 3.74. The lowest BCUT2D eigenvalue weighted by Crippen LogP contribution is -2.45. The topological polar surface area (TPSA) is 73.0 Å². The molecule has 2 aliphatic rings. The van der Waals surface area contributed by atoms with Crippen molar-refractivity contribution in [1.82, 2.24) is 25.5 Å². The number of hydrogen-bond donors (Lipinski definition) is 2. The van der Waals surface area contributed by atoms with E-state index in [1.165, 1.54) is 22.2 Å². The number of aromatic amines is 1. The maximum Gasteiger partial charge on any atom is 0.135 e. The first kappa shape index (κ1) is 15.6.